The zero-order valence-corrected chi connectivity index (χ0v) is 28.7. The molecule has 40 heavy (non-hydrogen) atoms. The number of hydrogen-bond acceptors (Lipinski definition) is 2. The molecule has 0 bridgehead atoms. The van der Waals surface area contributed by atoms with Crippen molar-refractivity contribution in [2.24, 2.45) is 0 Å². The molecule has 5 heteroatoms. The fraction of sp³-hybridized carbons (Fsp3) is 0.429. The van der Waals surface area contributed by atoms with Gasteiger partial charge in [0.2, 0.25) is 0 Å². The molecule has 0 spiro atoms. The molecular formula is C35H45Cl2NORu. The van der Waals surface area contributed by atoms with Crippen molar-refractivity contribution >= 4 is 33.9 Å². The van der Waals surface area contributed by atoms with E-state index >= 15 is 0 Å². The van der Waals surface area contributed by atoms with Gasteiger partial charge in [-0.15, -0.1) is 0 Å². The fourth-order valence-corrected chi connectivity index (χ4v) is 13.9. The van der Waals surface area contributed by atoms with Gasteiger partial charge >= 0.3 is 254 Å². The maximum absolute atomic E-state index is 7.80. The summed E-state index contributed by atoms with van der Waals surface area (Å²) in [5.41, 5.74) is 5.60. The second kappa shape index (κ2) is 11.8. The van der Waals surface area contributed by atoms with E-state index in [1.807, 2.05) is 32.0 Å². The molecule has 1 saturated heterocycles. The number of ether oxygens (including phenoxy) is 1. The molecule has 218 valence electrons. The number of halogens is 2. The van der Waals surface area contributed by atoms with E-state index < -0.39 is 11.9 Å². The topological polar surface area (TPSA) is 12.5 Å². The predicted octanol–water partition coefficient (Wildman–Crippen LogP) is 10.1. The summed E-state index contributed by atoms with van der Waals surface area (Å²) >= 11 is -3.72. The summed E-state index contributed by atoms with van der Waals surface area (Å²) in [6.07, 6.45) is 0.958. The Morgan fingerprint density at radius 1 is 0.775 bits per heavy atom. The van der Waals surface area contributed by atoms with Crippen molar-refractivity contribution in [3.8, 4) is 5.75 Å². The number of hydrogen-bond donors (Lipinski definition) is 0. The van der Waals surface area contributed by atoms with Gasteiger partial charge in [-0.25, -0.2) is 0 Å². The Morgan fingerprint density at radius 3 is 1.88 bits per heavy atom. The van der Waals surface area contributed by atoms with Crippen LogP contribution in [0.4, 0.5) is 5.69 Å². The van der Waals surface area contributed by atoms with Crippen LogP contribution >= 0.6 is 19.4 Å². The van der Waals surface area contributed by atoms with Crippen LogP contribution in [0, 0.1) is 0 Å². The summed E-state index contributed by atoms with van der Waals surface area (Å²) in [5.74, 6) is 1.52. The fourth-order valence-electron chi connectivity index (χ4n) is 6.19. The molecule has 1 heterocycles. The molecule has 3 aromatic rings. The van der Waals surface area contributed by atoms with Crippen molar-refractivity contribution < 1.29 is 16.6 Å². The van der Waals surface area contributed by atoms with Crippen LogP contribution in [0.2, 0.25) is 0 Å². The molecular weight excluding hydrogens is 622 g/mol. The van der Waals surface area contributed by atoms with Gasteiger partial charge in [0.1, 0.15) is 0 Å². The van der Waals surface area contributed by atoms with Crippen LogP contribution in [0.1, 0.15) is 103 Å². The van der Waals surface area contributed by atoms with E-state index in [1.54, 1.807) is 0 Å². The van der Waals surface area contributed by atoms with E-state index in [4.69, 9.17) is 24.1 Å². The van der Waals surface area contributed by atoms with Gasteiger partial charge < -0.3 is 0 Å². The van der Waals surface area contributed by atoms with Crippen molar-refractivity contribution in [2.75, 3.05) is 4.90 Å². The van der Waals surface area contributed by atoms with E-state index in [2.05, 4.69) is 113 Å². The Morgan fingerprint density at radius 2 is 1.32 bits per heavy atom. The van der Waals surface area contributed by atoms with Gasteiger partial charge in [-0.1, -0.05) is 0 Å². The Bertz CT molecular complexity index is 1450. The molecule has 3 aromatic carbocycles. The SMILES string of the molecule is CC(C)Oc1ccccc1[CH]=[Ru]([Cl])([Cl])=[C]1N(c2c(C(C)C)cccc2C(C)C)C(C)(C)CC1(C)c1ccccc1. The molecule has 0 radical (unpaired) electrons. The number of nitrogens with zero attached hydrogens (tertiary/aromatic N) is 1. The molecule has 1 atom stereocenters. The van der Waals surface area contributed by atoms with Gasteiger partial charge in [-0.3, -0.25) is 0 Å². The first-order valence-electron chi connectivity index (χ1n) is 14.3. The van der Waals surface area contributed by atoms with E-state index in [0.717, 1.165) is 22.0 Å². The van der Waals surface area contributed by atoms with Gasteiger partial charge in [-0.2, -0.15) is 0 Å². The number of benzene rings is 3. The van der Waals surface area contributed by atoms with Gasteiger partial charge in [0, 0.05) is 0 Å². The van der Waals surface area contributed by atoms with Crippen LogP contribution in [0.25, 0.3) is 0 Å². The first kappa shape index (κ1) is 31.1. The van der Waals surface area contributed by atoms with Gasteiger partial charge in [0.05, 0.1) is 0 Å². The molecule has 2 nitrogen and oxygen atoms in total. The van der Waals surface area contributed by atoms with Crippen molar-refractivity contribution in [3.05, 3.63) is 95.1 Å². The first-order valence-corrected chi connectivity index (χ1v) is 20.6. The van der Waals surface area contributed by atoms with Crippen LogP contribution in [0.15, 0.2) is 72.8 Å². The summed E-state index contributed by atoms with van der Waals surface area (Å²) < 4.78 is 9.50. The van der Waals surface area contributed by atoms with Crippen LogP contribution in [-0.4, -0.2) is 20.5 Å². The normalized spacial score (nSPS) is 19.6. The van der Waals surface area contributed by atoms with E-state index in [-0.39, 0.29) is 17.1 Å². The summed E-state index contributed by atoms with van der Waals surface area (Å²) in [7, 11) is 15.6. The standard InChI is InChI=1S/C25H33N.C10H12O.2ClH.Ru/c1-18(2)21-14-11-15-22(19(3)4)23(21)26-17-25(7,16-24(26,5)6)20-12-9-8-10-13-20;1-8(2)11-10-7-5-4-6-9(10)3;;;/h8-15,18-19H,16H2,1-7H3;3-8H,1-2H3;2*1H;/q;;;;+2/p-2. The minimum absolute atomic E-state index is 0.0515. The van der Waals surface area contributed by atoms with Crippen molar-refractivity contribution in [1.82, 2.24) is 0 Å². The molecule has 1 aliphatic rings. The number of anilines is 1. The van der Waals surface area contributed by atoms with Crippen LogP contribution in [0.3, 0.4) is 0 Å². The monoisotopic (exact) mass is 667 g/mol. The Labute approximate surface area is 252 Å². The van der Waals surface area contributed by atoms with Crippen LogP contribution in [0.5, 0.6) is 5.75 Å². The average Bonchev–Trinajstić information content (AvgIpc) is 3.11. The molecule has 1 fully saturated rings. The molecule has 1 aliphatic heterocycles. The Kier molecular flexibility index (Phi) is 9.21. The summed E-state index contributed by atoms with van der Waals surface area (Å²) in [6, 6.07) is 25.7. The van der Waals surface area contributed by atoms with Crippen molar-refractivity contribution in [3.63, 3.8) is 0 Å². The van der Waals surface area contributed by atoms with Gasteiger partial charge in [-0.05, 0) is 0 Å². The van der Waals surface area contributed by atoms with Crippen molar-refractivity contribution in [2.45, 2.75) is 97.6 Å². The van der Waals surface area contributed by atoms with E-state index in [1.165, 1.54) is 22.4 Å². The van der Waals surface area contributed by atoms with Gasteiger partial charge in [0.15, 0.2) is 0 Å². The third-order valence-electron chi connectivity index (χ3n) is 7.74. The second-order valence-electron chi connectivity index (χ2n) is 12.6. The minimum atomic E-state index is -3.72. The zero-order valence-electron chi connectivity index (χ0n) is 25.4. The molecule has 0 saturated carbocycles. The number of rotatable bonds is 7. The maximum atomic E-state index is 7.80. The Hall–Kier alpha value is -1.80. The first-order chi connectivity index (χ1) is 18.7. The molecule has 0 aliphatic carbocycles. The Balaban J connectivity index is 2.18. The molecule has 0 aromatic heterocycles. The summed E-state index contributed by atoms with van der Waals surface area (Å²) in [6.45, 7) is 20.3. The molecule has 1 unspecified atom stereocenters. The van der Waals surface area contributed by atoms with Crippen LogP contribution < -0.4 is 9.64 Å². The zero-order chi connectivity index (χ0) is 29.5. The summed E-state index contributed by atoms with van der Waals surface area (Å²) in [4.78, 5) is 2.57. The quantitative estimate of drug-likeness (QED) is 0.233. The second-order valence-corrected chi connectivity index (χ2v) is 21.9. The molecule has 4 rings (SSSR count). The summed E-state index contributed by atoms with van der Waals surface area (Å²) in [5, 5.41) is 0. The predicted molar refractivity (Wildman–Crippen MR) is 174 cm³/mol. The van der Waals surface area contributed by atoms with Crippen molar-refractivity contribution in [1.29, 1.82) is 0 Å². The van der Waals surface area contributed by atoms with E-state index in [9.17, 15) is 0 Å². The van der Waals surface area contributed by atoms with Crippen LogP contribution in [-0.2, 0) is 17.3 Å². The third-order valence-corrected chi connectivity index (χ3v) is 13.8. The van der Waals surface area contributed by atoms with E-state index in [0.29, 0.717) is 11.8 Å². The average molecular weight is 668 g/mol. The molecule has 0 N–H and O–H groups in total. The third kappa shape index (κ3) is 6.04. The molecule has 0 amide bonds. The van der Waals surface area contributed by atoms with Gasteiger partial charge in [0.25, 0.3) is 0 Å². The number of para-hydroxylation sites is 2.